The van der Waals surface area contributed by atoms with Gasteiger partial charge in [-0.05, 0) is 49.6 Å². The molecule has 3 N–H and O–H groups in total. The molecule has 7 heteroatoms. The molecule has 0 saturated heterocycles. The first-order chi connectivity index (χ1) is 14.1. The van der Waals surface area contributed by atoms with Gasteiger partial charge in [-0.1, -0.05) is 55.0 Å². The van der Waals surface area contributed by atoms with Gasteiger partial charge in [-0.15, -0.1) is 29.9 Å². The van der Waals surface area contributed by atoms with Crippen molar-refractivity contribution < 1.29 is 0 Å². The minimum absolute atomic E-state index is 0.478. The summed E-state index contributed by atoms with van der Waals surface area (Å²) in [6.07, 6.45) is 9.98. The number of nitrogens with one attached hydrogen (secondary N) is 1. The highest BCUT2D eigenvalue weighted by atomic mass is 35.5. The molecule has 0 aliphatic carbocycles. The minimum Gasteiger partial charge on any atom is -0.383 e. The van der Waals surface area contributed by atoms with Crippen molar-refractivity contribution >= 4 is 62.9 Å². The molecule has 2 aromatic rings. The number of alkyl halides is 1. The fraction of sp³-hybridized carbons (Fsp3) is 0.318. The van der Waals surface area contributed by atoms with Gasteiger partial charge in [0.2, 0.25) is 0 Å². The van der Waals surface area contributed by atoms with E-state index in [4.69, 9.17) is 28.9 Å². The first-order valence-electron chi connectivity index (χ1n) is 9.55. The number of thioether (sulfide) groups is 1. The number of rotatable bonds is 11. The highest BCUT2D eigenvalue weighted by Crippen LogP contribution is 2.30. The molecule has 3 nitrogen and oxygen atoms in total. The zero-order valence-corrected chi connectivity index (χ0v) is 20.1. The maximum absolute atomic E-state index is 6.20. The van der Waals surface area contributed by atoms with Gasteiger partial charge in [0.25, 0.3) is 0 Å². The number of nitrogens with zero attached hydrogens (tertiary/aromatic N) is 1. The van der Waals surface area contributed by atoms with Crippen molar-refractivity contribution in [1.29, 1.82) is 0 Å². The predicted octanol–water partition coefficient (Wildman–Crippen LogP) is 8.01. The van der Waals surface area contributed by atoms with E-state index in [1.165, 1.54) is 4.90 Å². The average Bonchev–Trinajstić information content (AvgIpc) is 3.08. The van der Waals surface area contributed by atoms with Gasteiger partial charge in [0, 0.05) is 27.2 Å². The zero-order valence-electron chi connectivity index (χ0n) is 17.0. The van der Waals surface area contributed by atoms with Crippen molar-refractivity contribution in [2.75, 3.05) is 22.7 Å². The Morgan fingerprint density at radius 3 is 2.69 bits per heavy atom. The van der Waals surface area contributed by atoms with Crippen LogP contribution in [0.5, 0.6) is 0 Å². The summed E-state index contributed by atoms with van der Waals surface area (Å²) in [4.78, 5) is 6.69. The van der Waals surface area contributed by atoms with Gasteiger partial charge >= 0.3 is 0 Å². The Morgan fingerprint density at radius 2 is 2.03 bits per heavy atom. The summed E-state index contributed by atoms with van der Waals surface area (Å²) in [6.45, 7) is 7.74. The van der Waals surface area contributed by atoms with Crippen molar-refractivity contribution in [3.05, 3.63) is 65.1 Å². The van der Waals surface area contributed by atoms with Crippen LogP contribution < -0.4 is 11.1 Å². The second-order valence-corrected chi connectivity index (χ2v) is 8.64. The van der Waals surface area contributed by atoms with Crippen LogP contribution in [-0.2, 0) is 6.42 Å². The third-order valence-electron chi connectivity index (χ3n) is 3.52. The standard InChI is InChI=1S/C20H23Cl2N3S2.C2H6/c1-2-3-14-26-17-10-8-16(9-11-17)24-20-25-19(23)18(27-20)12-7-15(22)6-4-5-13-21;1-2/h2,4-6,8-11H,1,3,7,12-14,23H2,(H,24,25);1-2H3/b5-4-,15-6+;. The first kappa shape index (κ1) is 25.6. The third kappa shape index (κ3) is 10.3. The summed E-state index contributed by atoms with van der Waals surface area (Å²) in [5.41, 5.74) is 7.04. The number of benzene rings is 1. The number of halogens is 2. The van der Waals surface area contributed by atoms with E-state index in [1.807, 2.05) is 49.9 Å². The van der Waals surface area contributed by atoms with Crippen LogP contribution in [0.1, 0.15) is 31.6 Å². The van der Waals surface area contributed by atoms with Gasteiger partial charge in [-0.25, -0.2) is 4.98 Å². The summed E-state index contributed by atoms with van der Waals surface area (Å²) in [7, 11) is 0. The maximum atomic E-state index is 6.20. The number of anilines is 3. The van der Waals surface area contributed by atoms with Crippen LogP contribution in [0.25, 0.3) is 0 Å². The van der Waals surface area contributed by atoms with Gasteiger partial charge in [-0.3, -0.25) is 0 Å². The second kappa shape index (κ2) is 15.4. The smallest absolute Gasteiger partial charge is 0.189 e. The Kier molecular flexibility index (Phi) is 13.7. The Morgan fingerprint density at radius 1 is 1.31 bits per heavy atom. The van der Waals surface area contributed by atoms with Crippen molar-refractivity contribution in [1.82, 2.24) is 4.98 Å². The number of hydrogen-bond acceptors (Lipinski definition) is 5. The zero-order chi connectivity index (χ0) is 21.5. The fourth-order valence-corrected chi connectivity index (χ4v) is 4.17. The van der Waals surface area contributed by atoms with Gasteiger partial charge < -0.3 is 11.1 Å². The lowest BCUT2D eigenvalue weighted by molar-refractivity contribution is 1.01. The monoisotopic (exact) mass is 469 g/mol. The lowest BCUT2D eigenvalue weighted by Crippen LogP contribution is -1.92. The van der Waals surface area contributed by atoms with Crippen molar-refractivity contribution in [2.45, 2.75) is 38.0 Å². The molecule has 0 spiro atoms. The number of aryl methyl sites for hydroxylation is 1. The number of hydrogen-bond donors (Lipinski definition) is 2. The average molecular weight is 471 g/mol. The normalized spacial score (nSPS) is 11.2. The predicted molar refractivity (Wildman–Crippen MR) is 135 cm³/mol. The van der Waals surface area contributed by atoms with Crippen LogP contribution in [0, 0.1) is 0 Å². The van der Waals surface area contributed by atoms with Gasteiger partial charge in [0.05, 0.1) is 4.88 Å². The van der Waals surface area contributed by atoms with Gasteiger partial charge in [0.15, 0.2) is 5.13 Å². The summed E-state index contributed by atoms with van der Waals surface area (Å²) in [5, 5.41) is 4.87. The van der Waals surface area contributed by atoms with E-state index in [0.717, 1.165) is 45.7 Å². The van der Waals surface area contributed by atoms with Gasteiger partial charge in [0.1, 0.15) is 5.82 Å². The van der Waals surface area contributed by atoms with Crippen LogP contribution >= 0.6 is 46.3 Å². The summed E-state index contributed by atoms with van der Waals surface area (Å²) >= 11 is 15.2. The largest absolute Gasteiger partial charge is 0.383 e. The molecule has 0 atom stereocenters. The van der Waals surface area contributed by atoms with Crippen LogP contribution in [0.15, 0.2) is 65.1 Å². The second-order valence-electron chi connectivity index (χ2n) is 5.60. The highest BCUT2D eigenvalue weighted by Gasteiger charge is 2.09. The van der Waals surface area contributed by atoms with E-state index >= 15 is 0 Å². The maximum Gasteiger partial charge on any atom is 0.189 e. The summed E-state index contributed by atoms with van der Waals surface area (Å²) in [6, 6.07) is 8.31. The lowest BCUT2D eigenvalue weighted by atomic mass is 10.2. The molecular formula is C22H29Cl2N3S2. The molecule has 1 aromatic heterocycles. The Balaban J connectivity index is 0.00000204. The summed E-state index contributed by atoms with van der Waals surface area (Å²) in [5.74, 6) is 2.08. The molecule has 0 unspecified atom stereocenters. The molecule has 0 saturated carbocycles. The number of nitrogen functional groups attached to an aromatic ring is 1. The van der Waals surface area contributed by atoms with Crippen LogP contribution in [-0.4, -0.2) is 16.6 Å². The third-order valence-corrected chi connectivity index (χ3v) is 6.10. The van der Waals surface area contributed by atoms with E-state index < -0.39 is 0 Å². The molecule has 0 aliphatic heterocycles. The van der Waals surface area contributed by atoms with Crippen molar-refractivity contribution in [3.63, 3.8) is 0 Å². The Labute approximate surface area is 193 Å². The molecule has 1 heterocycles. The van der Waals surface area contributed by atoms with Crippen molar-refractivity contribution in [2.24, 2.45) is 0 Å². The minimum atomic E-state index is 0.478. The van der Waals surface area contributed by atoms with E-state index in [2.05, 4.69) is 41.1 Å². The molecule has 0 fully saturated rings. The SMILES string of the molecule is C=CCCSc1ccc(Nc2nc(N)c(CC/C(Cl)=C\C=C/CCl)s2)cc1.CC. The van der Waals surface area contributed by atoms with E-state index in [-0.39, 0.29) is 0 Å². The van der Waals surface area contributed by atoms with Crippen LogP contribution in [0.4, 0.5) is 16.6 Å². The van der Waals surface area contributed by atoms with Gasteiger partial charge in [-0.2, -0.15) is 0 Å². The molecule has 1 aromatic carbocycles. The molecule has 0 aliphatic rings. The van der Waals surface area contributed by atoms with Crippen molar-refractivity contribution in [3.8, 4) is 0 Å². The summed E-state index contributed by atoms with van der Waals surface area (Å²) < 4.78 is 0. The van der Waals surface area contributed by atoms with E-state index in [9.17, 15) is 0 Å². The Bertz CT molecular complexity index is 784. The molecule has 29 heavy (non-hydrogen) atoms. The lowest BCUT2D eigenvalue weighted by Gasteiger charge is -2.04. The molecule has 2 rings (SSSR count). The molecule has 158 valence electrons. The number of thiazole rings is 1. The van der Waals surface area contributed by atoms with E-state index in [0.29, 0.717) is 11.7 Å². The van der Waals surface area contributed by atoms with Crippen LogP contribution in [0.2, 0.25) is 0 Å². The molecule has 0 amide bonds. The Hall–Kier alpha value is -1.40. The molecule has 0 bridgehead atoms. The number of allylic oxidation sites excluding steroid dienone is 5. The highest BCUT2D eigenvalue weighted by molar-refractivity contribution is 7.99. The number of aromatic nitrogens is 1. The topological polar surface area (TPSA) is 50.9 Å². The van der Waals surface area contributed by atoms with E-state index in [1.54, 1.807) is 11.3 Å². The molecular weight excluding hydrogens is 441 g/mol. The number of nitrogens with two attached hydrogens (primary N) is 1. The van der Waals surface area contributed by atoms with Crippen LogP contribution in [0.3, 0.4) is 0 Å². The quantitative estimate of drug-likeness (QED) is 0.115. The molecule has 0 radical (unpaired) electrons. The first-order valence-corrected chi connectivity index (χ1v) is 12.3. The fourth-order valence-electron chi connectivity index (χ4n) is 2.15.